The number of aromatic nitrogens is 2. The monoisotopic (exact) mass is 494 g/mol. The number of pyridine rings is 1. The van der Waals surface area contributed by atoms with E-state index in [1.807, 2.05) is 50.2 Å². The summed E-state index contributed by atoms with van der Waals surface area (Å²) in [7, 11) is 1.62. The van der Waals surface area contributed by atoms with Crippen LogP contribution in [0.5, 0.6) is 5.75 Å². The molecule has 0 bridgehead atoms. The Kier molecular flexibility index (Phi) is 8.09. The van der Waals surface area contributed by atoms with E-state index in [9.17, 15) is 9.59 Å². The van der Waals surface area contributed by atoms with Crippen LogP contribution in [-0.2, 0) is 33.9 Å². The van der Waals surface area contributed by atoms with Gasteiger partial charge in [0.1, 0.15) is 5.75 Å². The lowest BCUT2D eigenvalue weighted by atomic mass is 10.2. The molecule has 2 amide bonds. The van der Waals surface area contributed by atoms with E-state index < -0.39 is 0 Å². The van der Waals surface area contributed by atoms with Gasteiger partial charge in [0.05, 0.1) is 43.5 Å². The fraction of sp³-hybridized carbons (Fsp3) is 0.385. The van der Waals surface area contributed by atoms with Crippen molar-refractivity contribution >= 4 is 23.2 Å². The van der Waals surface area contributed by atoms with Crippen LogP contribution >= 0.6 is 11.3 Å². The van der Waals surface area contributed by atoms with E-state index in [1.54, 1.807) is 29.3 Å². The van der Waals surface area contributed by atoms with Crippen molar-refractivity contribution in [1.82, 2.24) is 19.8 Å². The number of amides is 2. The molecule has 8 nitrogen and oxygen atoms in total. The van der Waals surface area contributed by atoms with Gasteiger partial charge in [0.15, 0.2) is 0 Å². The van der Waals surface area contributed by atoms with Crippen molar-refractivity contribution in [2.24, 2.45) is 0 Å². The Morgan fingerprint density at radius 3 is 2.60 bits per heavy atom. The molecule has 1 aliphatic heterocycles. The van der Waals surface area contributed by atoms with E-state index in [1.165, 1.54) is 11.3 Å². The molecule has 1 fully saturated rings. The quantitative estimate of drug-likeness (QED) is 0.478. The van der Waals surface area contributed by atoms with E-state index >= 15 is 0 Å². The Labute approximate surface area is 209 Å². The molecule has 3 aromatic rings. The van der Waals surface area contributed by atoms with Crippen LogP contribution in [0.25, 0.3) is 0 Å². The van der Waals surface area contributed by atoms with Gasteiger partial charge in [0.25, 0.3) is 0 Å². The van der Waals surface area contributed by atoms with Crippen molar-refractivity contribution in [3.63, 3.8) is 0 Å². The number of carbonyl (C=O) groups excluding carboxylic acids is 2. The number of hydrogen-bond acceptors (Lipinski definition) is 7. The molecule has 0 saturated carbocycles. The van der Waals surface area contributed by atoms with Gasteiger partial charge in [0.2, 0.25) is 11.8 Å². The molecule has 4 rings (SSSR count). The number of hydrogen-bond donors (Lipinski definition) is 0. The summed E-state index contributed by atoms with van der Waals surface area (Å²) in [5.74, 6) is 0.573. The third kappa shape index (κ3) is 6.64. The van der Waals surface area contributed by atoms with Gasteiger partial charge in [-0.2, -0.15) is 0 Å². The highest BCUT2D eigenvalue weighted by molar-refractivity contribution is 7.11. The predicted molar refractivity (Wildman–Crippen MR) is 133 cm³/mol. The number of aryl methyl sites for hydroxylation is 2. The molecule has 1 aromatic carbocycles. The molecule has 2 aromatic heterocycles. The van der Waals surface area contributed by atoms with Gasteiger partial charge >= 0.3 is 0 Å². The van der Waals surface area contributed by atoms with E-state index in [-0.39, 0.29) is 30.9 Å². The summed E-state index contributed by atoms with van der Waals surface area (Å²) >= 11 is 1.52. The first kappa shape index (κ1) is 24.8. The van der Waals surface area contributed by atoms with Crippen molar-refractivity contribution in [3.8, 4) is 5.75 Å². The van der Waals surface area contributed by atoms with Crippen LogP contribution in [0.3, 0.4) is 0 Å². The molecule has 0 aliphatic carbocycles. The second kappa shape index (κ2) is 11.4. The largest absolute Gasteiger partial charge is 0.497 e. The highest BCUT2D eigenvalue weighted by atomic mass is 32.1. The van der Waals surface area contributed by atoms with E-state index in [4.69, 9.17) is 9.47 Å². The Hall–Kier alpha value is -3.30. The lowest BCUT2D eigenvalue weighted by Crippen LogP contribution is -2.40. The van der Waals surface area contributed by atoms with Gasteiger partial charge in [-0.1, -0.05) is 18.2 Å². The zero-order chi connectivity index (χ0) is 24.8. The number of nitrogens with zero attached hydrogens (tertiary/aromatic N) is 4. The minimum atomic E-state index is -0.326. The SMILES string of the molecule is COc1ccc(CN2CC(OCc3cccnc3)CN(C(=O)Cc3sc(C)nc3C)CC2=O)cc1. The molecule has 1 atom stereocenters. The lowest BCUT2D eigenvalue weighted by molar-refractivity contribution is -0.138. The van der Waals surface area contributed by atoms with E-state index in [0.717, 1.165) is 32.5 Å². The summed E-state index contributed by atoms with van der Waals surface area (Å²) in [4.78, 5) is 39.4. The fourth-order valence-corrected chi connectivity index (χ4v) is 4.99. The summed E-state index contributed by atoms with van der Waals surface area (Å²) in [6, 6.07) is 11.5. The van der Waals surface area contributed by atoms with Crippen LogP contribution < -0.4 is 4.74 Å². The maximum atomic E-state index is 13.2. The highest BCUT2D eigenvalue weighted by Gasteiger charge is 2.31. The number of methoxy groups -OCH3 is 1. The molecule has 9 heteroatoms. The first-order valence-corrected chi connectivity index (χ1v) is 12.3. The Morgan fingerprint density at radius 2 is 1.94 bits per heavy atom. The highest BCUT2D eigenvalue weighted by Crippen LogP contribution is 2.21. The molecule has 184 valence electrons. The molecule has 1 unspecified atom stereocenters. The summed E-state index contributed by atoms with van der Waals surface area (Å²) in [6.07, 6.45) is 3.38. The van der Waals surface area contributed by atoms with Crippen LogP contribution in [-0.4, -0.2) is 64.4 Å². The van der Waals surface area contributed by atoms with Crippen molar-refractivity contribution in [3.05, 3.63) is 75.5 Å². The first-order valence-electron chi connectivity index (χ1n) is 11.5. The maximum Gasteiger partial charge on any atom is 0.242 e. The topological polar surface area (TPSA) is 84.9 Å². The zero-order valence-corrected chi connectivity index (χ0v) is 21.1. The molecule has 0 spiro atoms. The molecule has 0 N–H and O–H groups in total. The normalized spacial score (nSPS) is 16.3. The van der Waals surface area contributed by atoms with Gasteiger partial charge in [0, 0.05) is 36.9 Å². The van der Waals surface area contributed by atoms with Gasteiger partial charge in [-0.05, 0) is 43.2 Å². The number of rotatable bonds is 8. The number of carbonyl (C=O) groups is 2. The van der Waals surface area contributed by atoms with Gasteiger partial charge in [-0.25, -0.2) is 4.98 Å². The molecular formula is C26H30N4O4S. The summed E-state index contributed by atoms with van der Waals surface area (Å²) in [5.41, 5.74) is 2.80. The minimum Gasteiger partial charge on any atom is -0.497 e. The maximum absolute atomic E-state index is 13.2. The average Bonchev–Trinajstić information content (AvgIpc) is 3.08. The van der Waals surface area contributed by atoms with Crippen molar-refractivity contribution in [2.45, 2.75) is 39.5 Å². The second-order valence-electron chi connectivity index (χ2n) is 8.61. The minimum absolute atomic E-state index is 0.0264. The zero-order valence-electron chi connectivity index (χ0n) is 20.3. The molecular weight excluding hydrogens is 464 g/mol. The van der Waals surface area contributed by atoms with Gasteiger partial charge < -0.3 is 19.3 Å². The number of thiazole rings is 1. The second-order valence-corrected chi connectivity index (χ2v) is 9.90. The van der Waals surface area contributed by atoms with E-state index in [2.05, 4.69) is 9.97 Å². The Morgan fingerprint density at radius 1 is 1.14 bits per heavy atom. The van der Waals surface area contributed by atoms with Crippen LogP contribution in [0.2, 0.25) is 0 Å². The van der Waals surface area contributed by atoms with Crippen LogP contribution in [0.15, 0.2) is 48.8 Å². The Balaban J connectivity index is 1.50. The summed E-state index contributed by atoms with van der Waals surface area (Å²) in [5, 5.41) is 0.931. The number of benzene rings is 1. The van der Waals surface area contributed by atoms with Crippen LogP contribution in [0, 0.1) is 13.8 Å². The average molecular weight is 495 g/mol. The third-order valence-electron chi connectivity index (χ3n) is 5.93. The standard InChI is InChI=1S/C26H30N4O4S/c1-18-24(35-19(2)28-18)11-25(31)30-15-23(34-17-21-5-4-10-27-12-21)14-29(26(32)16-30)13-20-6-8-22(33-3)9-7-20/h4-10,12,23H,11,13-17H2,1-3H3. The molecule has 35 heavy (non-hydrogen) atoms. The third-order valence-corrected chi connectivity index (χ3v) is 7.00. The molecule has 0 radical (unpaired) electrons. The first-order chi connectivity index (χ1) is 16.9. The van der Waals surface area contributed by atoms with Gasteiger partial charge in [-0.3, -0.25) is 14.6 Å². The van der Waals surface area contributed by atoms with Crippen molar-refractivity contribution in [1.29, 1.82) is 0 Å². The van der Waals surface area contributed by atoms with Crippen LogP contribution in [0.4, 0.5) is 0 Å². The summed E-state index contributed by atoms with van der Waals surface area (Å²) < 4.78 is 11.4. The molecule has 3 heterocycles. The summed E-state index contributed by atoms with van der Waals surface area (Å²) in [6.45, 7) is 5.41. The number of ether oxygens (including phenoxy) is 2. The lowest BCUT2D eigenvalue weighted by Gasteiger charge is -2.25. The van der Waals surface area contributed by atoms with E-state index in [0.29, 0.717) is 26.2 Å². The van der Waals surface area contributed by atoms with Crippen LogP contribution in [0.1, 0.15) is 26.7 Å². The molecule has 1 aliphatic rings. The van der Waals surface area contributed by atoms with Crippen molar-refractivity contribution in [2.75, 3.05) is 26.7 Å². The smallest absolute Gasteiger partial charge is 0.242 e. The molecule has 1 saturated heterocycles. The van der Waals surface area contributed by atoms with Gasteiger partial charge in [-0.15, -0.1) is 11.3 Å². The van der Waals surface area contributed by atoms with Crippen molar-refractivity contribution < 1.29 is 19.1 Å². The fourth-order valence-electron chi connectivity index (χ4n) is 4.06. The predicted octanol–water partition coefficient (Wildman–Crippen LogP) is 3.16. The Bertz CT molecular complexity index is 1150.